The van der Waals surface area contributed by atoms with Gasteiger partial charge in [-0.1, -0.05) is 26.7 Å². The van der Waals surface area contributed by atoms with Crippen LogP contribution in [0.1, 0.15) is 39.5 Å². The fourth-order valence-electron chi connectivity index (χ4n) is 1.54. The Labute approximate surface area is 94.9 Å². The average Bonchev–Trinajstić information content (AvgIpc) is 2.27. The molecule has 15 heavy (non-hydrogen) atoms. The molecule has 0 aliphatic carbocycles. The summed E-state index contributed by atoms with van der Waals surface area (Å²) in [4.78, 5) is 2.53. The van der Waals surface area contributed by atoms with E-state index in [-0.39, 0.29) is 6.61 Å². The summed E-state index contributed by atoms with van der Waals surface area (Å²) in [7, 11) is 0. The number of hydrogen-bond acceptors (Lipinski definition) is 3. The third-order valence-corrected chi connectivity index (χ3v) is 2.55. The zero-order valence-corrected chi connectivity index (χ0v) is 10.5. The van der Waals surface area contributed by atoms with Crippen molar-refractivity contribution < 1.29 is 5.11 Å². The maximum Gasteiger partial charge on any atom is 0.0555 e. The van der Waals surface area contributed by atoms with Crippen molar-refractivity contribution in [2.24, 2.45) is 0 Å². The standard InChI is InChI=1S/C12H28N2O/c1-3-5-9-14(10-6-4-2)11-7-13-8-12-15/h13,15H,3-12H2,1-2H3. The SMILES string of the molecule is CCCCN(CCCC)CCNCCO. The van der Waals surface area contributed by atoms with E-state index in [0.717, 1.165) is 19.6 Å². The molecule has 0 fully saturated rings. The quantitative estimate of drug-likeness (QED) is 0.513. The molecule has 0 radical (unpaired) electrons. The summed E-state index contributed by atoms with van der Waals surface area (Å²) in [5, 5.41) is 11.9. The van der Waals surface area contributed by atoms with Crippen molar-refractivity contribution in [3.63, 3.8) is 0 Å². The highest BCUT2D eigenvalue weighted by atomic mass is 16.3. The minimum absolute atomic E-state index is 0.240. The van der Waals surface area contributed by atoms with E-state index in [1.54, 1.807) is 0 Å². The van der Waals surface area contributed by atoms with Crippen LogP contribution in [0.3, 0.4) is 0 Å². The highest BCUT2D eigenvalue weighted by Crippen LogP contribution is 1.98. The average molecular weight is 216 g/mol. The molecule has 0 rings (SSSR count). The van der Waals surface area contributed by atoms with Gasteiger partial charge in [0.25, 0.3) is 0 Å². The van der Waals surface area contributed by atoms with Crippen LogP contribution < -0.4 is 5.32 Å². The molecule has 0 aromatic heterocycles. The fraction of sp³-hybridized carbons (Fsp3) is 1.00. The molecular formula is C12H28N2O. The summed E-state index contributed by atoms with van der Waals surface area (Å²) in [6.45, 7) is 9.98. The van der Waals surface area contributed by atoms with Gasteiger partial charge in [0, 0.05) is 19.6 Å². The van der Waals surface area contributed by atoms with Crippen LogP contribution in [0.5, 0.6) is 0 Å². The molecule has 0 spiro atoms. The molecule has 0 amide bonds. The molecule has 0 aliphatic rings. The Morgan fingerprint density at radius 2 is 1.53 bits per heavy atom. The van der Waals surface area contributed by atoms with E-state index >= 15 is 0 Å². The van der Waals surface area contributed by atoms with Gasteiger partial charge in [0.05, 0.1) is 6.61 Å². The van der Waals surface area contributed by atoms with Crippen LogP contribution in [0.15, 0.2) is 0 Å². The Morgan fingerprint density at radius 1 is 0.933 bits per heavy atom. The van der Waals surface area contributed by atoms with Crippen molar-refractivity contribution in [2.45, 2.75) is 39.5 Å². The van der Waals surface area contributed by atoms with Crippen molar-refractivity contribution in [1.82, 2.24) is 10.2 Å². The van der Waals surface area contributed by atoms with E-state index in [9.17, 15) is 0 Å². The number of hydrogen-bond donors (Lipinski definition) is 2. The molecule has 2 N–H and O–H groups in total. The molecule has 0 unspecified atom stereocenters. The predicted molar refractivity (Wildman–Crippen MR) is 66.2 cm³/mol. The third kappa shape index (κ3) is 10.2. The first-order chi connectivity index (χ1) is 7.35. The smallest absolute Gasteiger partial charge is 0.0555 e. The Hall–Kier alpha value is -0.120. The van der Waals surface area contributed by atoms with E-state index < -0.39 is 0 Å². The number of nitrogens with zero attached hydrogens (tertiary/aromatic N) is 1. The van der Waals surface area contributed by atoms with Crippen LogP contribution in [-0.2, 0) is 0 Å². The molecule has 3 nitrogen and oxygen atoms in total. The van der Waals surface area contributed by atoms with Crippen molar-refractivity contribution in [3.8, 4) is 0 Å². The summed E-state index contributed by atoms with van der Waals surface area (Å²) >= 11 is 0. The van der Waals surface area contributed by atoms with E-state index in [1.807, 2.05) is 0 Å². The maximum absolute atomic E-state index is 8.64. The monoisotopic (exact) mass is 216 g/mol. The topological polar surface area (TPSA) is 35.5 Å². The van der Waals surface area contributed by atoms with E-state index in [1.165, 1.54) is 38.8 Å². The second-order valence-electron chi connectivity index (χ2n) is 4.02. The van der Waals surface area contributed by atoms with Gasteiger partial charge >= 0.3 is 0 Å². The Kier molecular flexibility index (Phi) is 11.9. The Bertz CT molecular complexity index is 112. The van der Waals surface area contributed by atoms with Crippen LogP contribution in [0.25, 0.3) is 0 Å². The minimum atomic E-state index is 0.240. The molecule has 0 aliphatic heterocycles. The van der Waals surface area contributed by atoms with E-state index in [4.69, 9.17) is 5.11 Å². The Balaban J connectivity index is 3.49. The van der Waals surface area contributed by atoms with Crippen LogP contribution in [-0.4, -0.2) is 49.3 Å². The number of aliphatic hydroxyl groups is 1. The molecule has 0 saturated carbocycles. The lowest BCUT2D eigenvalue weighted by atomic mass is 10.2. The van der Waals surface area contributed by atoms with Crippen molar-refractivity contribution in [1.29, 1.82) is 0 Å². The van der Waals surface area contributed by atoms with Gasteiger partial charge in [-0.3, -0.25) is 0 Å². The molecule has 0 aromatic carbocycles. The highest BCUT2D eigenvalue weighted by Gasteiger charge is 2.02. The number of unbranched alkanes of at least 4 members (excludes halogenated alkanes) is 2. The molecule has 3 heteroatoms. The zero-order valence-electron chi connectivity index (χ0n) is 10.5. The second-order valence-corrected chi connectivity index (χ2v) is 4.02. The zero-order chi connectivity index (χ0) is 11.4. The van der Waals surface area contributed by atoms with Crippen molar-refractivity contribution >= 4 is 0 Å². The van der Waals surface area contributed by atoms with Gasteiger partial charge in [0.1, 0.15) is 0 Å². The largest absolute Gasteiger partial charge is 0.395 e. The van der Waals surface area contributed by atoms with Crippen LogP contribution in [0, 0.1) is 0 Å². The third-order valence-electron chi connectivity index (χ3n) is 2.55. The predicted octanol–water partition coefficient (Wildman–Crippen LogP) is 1.47. The first-order valence-corrected chi connectivity index (χ1v) is 6.39. The molecule has 0 bridgehead atoms. The molecule has 0 saturated heterocycles. The van der Waals surface area contributed by atoms with Gasteiger partial charge in [0.15, 0.2) is 0 Å². The summed E-state index contributed by atoms with van der Waals surface area (Å²) in [6.07, 6.45) is 5.13. The molecular weight excluding hydrogens is 188 g/mol. The lowest BCUT2D eigenvalue weighted by Crippen LogP contribution is -2.34. The number of nitrogens with one attached hydrogen (secondary N) is 1. The van der Waals surface area contributed by atoms with Crippen LogP contribution in [0.2, 0.25) is 0 Å². The highest BCUT2D eigenvalue weighted by molar-refractivity contribution is 4.59. The fourth-order valence-corrected chi connectivity index (χ4v) is 1.54. The molecule has 0 heterocycles. The van der Waals surface area contributed by atoms with Gasteiger partial charge in [0.2, 0.25) is 0 Å². The van der Waals surface area contributed by atoms with Gasteiger partial charge in [-0.2, -0.15) is 0 Å². The normalized spacial score (nSPS) is 11.2. The summed E-state index contributed by atoms with van der Waals surface area (Å²) in [5.74, 6) is 0. The molecule has 0 aromatic rings. The summed E-state index contributed by atoms with van der Waals surface area (Å²) < 4.78 is 0. The summed E-state index contributed by atoms with van der Waals surface area (Å²) in [6, 6.07) is 0. The lowest BCUT2D eigenvalue weighted by Gasteiger charge is -2.21. The van der Waals surface area contributed by atoms with Crippen LogP contribution in [0.4, 0.5) is 0 Å². The van der Waals surface area contributed by atoms with Gasteiger partial charge in [-0.15, -0.1) is 0 Å². The minimum Gasteiger partial charge on any atom is -0.395 e. The number of rotatable bonds is 11. The van der Waals surface area contributed by atoms with Crippen LogP contribution >= 0.6 is 0 Å². The van der Waals surface area contributed by atoms with Crippen molar-refractivity contribution in [2.75, 3.05) is 39.3 Å². The van der Waals surface area contributed by atoms with Crippen molar-refractivity contribution in [3.05, 3.63) is 0 Å². The Morgan fingerprint density at radius 3 is 2.00 bits per heavy atom. The first kappa shape index (κ1) is 14.9. The van der Waals surface area contributed by atoms with E-state index in [2.05, 4.69) is 24.1 Å². The molecule has 92 valence electrons. The van der Waals surface area contributed by atoms with Gasteiger partial charge in [-0.05, 0) is 25.9 Å². The maximum atomic E-state index is 8.64. The first-order valence-electron chi connectivity index (χ1n) is 6.39. The van der Waals surface area contributed by atoms with Gasteiger partial charge < -0.3 is 15.3 Å². The van der Waals surface area contributed by atoms with E-state index in [0.29, 0.717) is 0 Å². The van der Waals surface area contributed by atoms with Gasteiger partial charge in [-0.25, -0.2) is 0 Å². The molecule has 0 atom stereocenters. The lowest BCUT2D eigenvalue weighted by molar-refractivity contribution is 0.254. The second kappa shape index (κ2) is 12.0. The summed E-state index contributed by atoms with van der Waals surface area (Å²) in [5.41, 5.74) is 0. The number of aliphatic hydroxyl groups excluding tert-OH is 1.